The number of benzene rings is 4. The van der Waals surface area contributed by atoms with E-state index < -0.39 is 0 Å². The number of aryl methyl sites for hydroxylation is 1. The normalized spacial score (nSPS) is 11.1. The number of H-pyrrole nitrogens is 1. The van der Waals surface area contributed by atoms with Crippen LogP contribution < -0.4 is 4.74 Å². The van der Waals surface area contributed by atoms with Gasteiger partial charge in [-0.2, -0.15) is 0 Å². The number of nitrogens with one attached hydrogen (secondary N) is 1. The maximum Gasteiger partial charge on any atom is 0.254 e. The van der Waals surface area contributed by atoms with Crippen LogP contribution in [0.25, 0.3) is 21.7 Å². The van der Waals surface area contributed by atoms with E-state index >= 15 is 0 Å². The van der Waals surface area contributed by atoms with Crippen molar-refractivity contribution in [3.05, 3.63) is 114 Å². The second-order valence-corrected chi connectivity index (χ2v) is 8.45. The first-order valence-corrected chi connectivity index (χ1v) is 11.8. The predicted octanol–water partition coefficient (Wildman–Crippen LogP) is 6.60. The van der Waals surface area contributed by atoms with Crippen LogP contribution in [-0.2, 0) is 13.0 Å². The van der Waals surface area contributed by atoms with Crippen LogP contribution in [0.5, 0.6) is 5.75 Å². The molecule has 0 atom stereocenters. The highest BCUT2D eigenvalue weighted by Gasteiger charge is 2.19. The Morgan fingerprint density at radius 1 is 0.853 bits per heavy atom. The average molecular weight is 449 g/mol. The number of rotatable bonds is 8. The quantitative estimate of drug-likeness (QED) is 0.290. The minimum absolute atomic E-state index is 0.0207. The number of hydrogen-bond donors (Lipinski definition) is 1. The Labute approximate surface area is 199 Å². The average Bonchev–Trinajstić information content (AvgIpc) is 3.35. The second-order valence-electron chi connectivity index (χ2n) is 8.45. The van der Waals surface area contributed by atoms with E-state index in [0.717, 1.165) is 39.4 Å². The number of hydrogen-bond acceptors (Lipinski definition) is 2. The highest BCUT2D eigenvalue weighted by Crippen LogP contribution is 2.23. The third-order valence-corrected chi connectivity index (χ3v) is 6.32. The molecule has 1 aromatic heterocycles. The van der Waals surface area contributed by atoms with Crippen molar-refractivity contribution in [2.45, 2.75) is 19.9 Å². The Kier molecular flexibility index (Phi) is 6.30. The number of nitrogens with zero attached hydrogens (tertiary/aromatic N) is 1. The molecular formula is C30H28N2O2. The first-order chi connectivity index (χ1) is 16.7. The van der Waals surface area contributed by atoms with Gasteiger partial charge >= 0.3 is 0 Å². The van der Waals surface area contributed by atoms with Crippen LogP contribution in [0.4, 0.5) is 0 Å². The van der Waals surface area contributed by atoms with Crippen molar-refractivity contribution in [3.8, 4) is 5.75 Å². The first kappa shape index (κ1) is 21.8. The van der Waals surface area contributed by atoms with Gasteiger partial charge in [0.25, 0.3) is 5.91 Å². The van der Waals surface area contributed by atoms with E-state index in [4.69, 9.17) is 4.74 Å². The Hall–Kier alpha value is -4.05. The molecule has 1 amide bonds. The number of carbonyl (C=O) groups is 1. The van der Waals surface area contributed by atoms with Crippen LogP contribution in [0.2, 0.25) is 0 Å². The lowest BCUT2D eigenvalue weighted by atomic mass is 10.0. The van der Waals surface area contributed by atoms with E-state index in [2.05, 4.69) is 30.1 Å². The van der Waals surface area contributed by atoms with Gasteiger partial charge in [-0.3, -0.25) is 4.79 Å². The zero-order valence-electron chi connectivity index (χ0n) is 19.3. The predicted molar refractivity (Wildman–Crippen MR) is 138 cm³/mol. The maximum absolute atomic E-state index is 13.8. The summed E-state index contributed by atoms with van der Waals surface area (Å²) in [5.74, 6) is 0.825. The number of aromatic amines is 1. The van der Waals surface area contributed by atoms with Crippen molar-refractivity contribution in [1.82, 2.24) is 9.88 Å². The summed E-state index contributed by atoms with van der Waals surface area (Å²) < 4.78 is 6.07. The molecule has 0 spiro atoms. The van der Waals surface area contributed by atoms with Crippen molar-refractivity contribution < 1.29 is 9.53 Å². The van der Waals surface area contributed by atoms with E-state index in [1.807, 2.05) is 83.9 Å². The summed E-state index contributed by atoms with van der Waals surface area (Å²) in [5.41, 5.74) is 4.24. The lowest BCUT2D eigenvalue weighted by Gasteiger charge is -2.25. The standard InChI is InChI=1S/C30H28N2O2/c1-2-22-8-3-4-10-25(22)21-32(18-19-34-26-14-15-29-24(20-26)16-17-31-29)30(33)28-13-7-11-23-9-5-6-12-27(23)28/h3-17,20,31H,2,18-19,21H2,1H3. The number of fused-ring (bicyclic) bond motifs is 2. The summed E-state index contributed by atoms with van der Waals surface area (Å²) in [4.78, 5) is 18.9. The van der Waals surface area contributed by atoms with Gasteiger partial charge in [-0.25, -0.2) is 0 Å². The van der Waals surface area contributed by atoms with E-state index in [9.17, 15) is 4.79 Å². The molecule has 5 rings (SSSR count). The van der Waals surface area contributed by atoms with Crippen LogP contribution >= 0.6 is 0 Å². The van der Waals surface area contributed by atoms with Crippen LogP contribution in [0.3, 0.4) is 0 Å². The Morgan fingerprint density at radius 2 is 1.65 bits per heavy atom. The van der Waals surface area contributed by atoms with Gasteiger partial charge < -0.3 is 14.6 Å². The Bertz CT molecular complexity index is 1430. The molecule has 0 bridgehead atoms. The van der Waals surface area contributed by atoms with Gasteiger partial charge in [-0.1, -0.05) is 67.6 Å². The molecule has 0 aliphatic carbocycles. The second kappa shape index (κ2) is 9.84. The Balaban J connectivity index is 1.40. The third-order valence-electron chi connectivity index (χ3n) is 6.32. The molecule has 0 aliphatic rings. The highest BCUT2D eigenvalue weighted by molar-refractivity contribution is 6.07. The summed E-state index contributed by atoms with van der Waals surface area (Å²) in [5, 5.41) is 3.15. The number of aromatic nitrogens is 1. The molecule has 0 aliphatic heterocycles. The maximum atomic E-state index is 13.8. The van der Waals surface area contributed by atoms with Gasteiger partial charge in [-0.15, -0.1) is 0 Å². The molecule has 4 aromatic carbocycles. The third kappa shape index (κ3) is 4.53. The van der Waals surface area contributed by atoms with E-state index in [-0.39, 0.29) is 5.91 Å². The molecule has 34 heavy (non-hydrogen) atoms. The van der Waals surface area contributed by atoms with Crippen LogP contribution in [0.15, 0.2) is 97.2 Å². The summed E-state index contributed by atoms with van der Waals surface area (Å²) in [7, 11) is 0. The molecule has 0 radical (unpaired) electrons. The molecule has 0 unspecified atom stereocenters. The van der Waals surface area contributed by atoms with E-state index in [1.54, 1.807) is 0 Å². The number of ether oxygens (including phenoxy) is 1. The van der Waals surface area contributed by atoms with Crippen molar-refractivity contribution in [2.75, 3.05) is 13.2 Å². The van der Waals surface area contributed by atoms with Crippen molar-refractivity contribution in [1.29, 1.82) is 0 Å². The van der Waals surface area contributed by atoms with Gasteiger partial charge in [0.1, 0.15) is 12.4 Å². The molecule has 1 N–H and O–H groups in total. The molecule has 1 heterocycles. The minimum Gasteiger partial charge on any atom is -0.492 e. The summed E-state index contributed by atoms with van der Waals surface area (Å²) in [6, 6.07) is 30.3. The summed E-state index contributed by atoms with van der Waals surface area (Å²) >= 11 is 0. The zero-order valence-corrected chi connectivity index (χ0v) is 19.3. The van der Waals surface area contributed by atoms with Gasteiger partial charge in [0.2, 0.25) is 0 Å². The molecular weight excluding hydrogens is 420 g/mol. The van der Waals surface area contributed by atoms with Crippen LogP contribution in [-0.4, -0.2) is 28.9 Å². The van der Waals surface area contributed by atoms with Crippen molar-refractivity contribution >= 4 is 27.6 Å². The largest absolute Gasteiger partial charge is 0.492 e. The van der Waals surface area contributed by atoms with Gasteiger partial charge in [0.15, 0.2) is 0 Å². The molecule has 4 heteroatoms. The van der Waals surface area contributed by atoms with Crippen LogP contribution in [0.1, 0.15) is 28.4 Å². The van der Waals surface area contributed by atoms with Crippen molar-refractivity contribution in [3.63, 3.8) is 0 Å². The molecule has 4 nitrogen and oxygen atoms in total. The van der Waals surface area contributed by atoms with E-state index in [0.29, 0.717) is 19.7 Å². The summed E-state index contributed by atoms with van der Waals surface area (Å²) in [6.07, 6.45) is 2.85. The SMILES string of the molecule is CCc1ccccc1CN(CCOc1ccc2[nH]ccc2c1)C(=O)c1cccc2ccccc12. The van der Waals surface area contributed by atoms with Gasteiger partial charge in [0.05, 0.1) is 6.54 Å². The monoisotopic (exact) mass is 448 g/mol. The van der Waals surface area contributed by atoms with E-state index in [1.165, 1.54) is 11.1 Å². The molecule has 170 valence electrons. The Morgan fingerprint density at radius 3 is 2.53 bits per heavy atom. The first-order valence-electron chi connectivity index (χ1n) is 11.8. The smallest absolute Gasteiger partial charge is 0.254 e. The van der Waals surface area contributed by atoms with Gasteiger partial charge in [-0.05, 0) is 58.7 Å². The van der Waals surface area contributed by atoms with Gasteiger partial charge in [0, 0.05) is 29.2 Å². The fourth-order valence-corrected chi connectivity index (χ4v) is 4.49. The minimum atomic E-state index is 0.0207. The topological polar surface area (TPSA) is 45.3 Å². The fourth-order valence-electron chi connectivity index (χ4n) is 4.49. The molecule has 0 saturated heterocycles. The number of carbonyl (C=O) groups excluding carboxylic acids is 1. The summed E-state index contributed by atoms with van der Waals surface area (Å²) in [6.45, 7) is 3.61. The highest BCUT2D eigenvalue weighted by atomic mass is 16.5. The lowest BCUT2D eigenvalue weighted by Crippen LogP contribution is -2.34. The molecule has 0 fully saturated rings. The molecule has 5 aromatic rings. The molecule has 0 saturated carbocycles. The number of amides is 1. The zero-order chi connectivity index (χ0) is 23.3. The fraction of sp³-hybridized carbons (Fsp3) is 0.167. The van der Waals surface area contributed by atoms with Crippen LogP contribution in [0, 0.1) is 0 Å². The lowest BCUT2D eigenvalue weighted by molar-refractivity contribution is 0.0718. The van der Waals surface area contributed by atoms with Crippen molar-refractivity contribution in [2.24, 2.45) is 0 Å².